The molecule has 136 valence electrons. The summed E-state index contributed by atoms with van der Waals surface area (Å²) in [5.41, 5.74) is 7.96. The molecule has 0 aromatic heterocycles. The van der Waals surface area contributed by atoms with Crippen LogP contribution in [-0.4, -0.2) is 0 Å². The van der Waals surface area contributed by atoms with Gasteiger partial charge in [-0.15, -0.1) is 0 Å². The van der Waals surface area contributed by atoms with Crippen molar-refractivity contribution in [2.45, 2.75) is 79.4 Å². The number of ether oxygens (including phenoxy) is 1. The highest BCUT2D eigenvalue weighted by molar-refractivity contribution is 5.36. The number of aryl methyl sites for hydroxylation is 2. The lowest BCUT2D eigenvalue weighted by Crippen LogP contribution is -2.09. The van der Waals surface area contributed by atoms with Gasteiger partial charge in [-0.05, 0) is 72.9 Å². The summed E-state index contributed by atoms with van der Waals surface area (Å²) in [7, 11) is 0. The largest absolute Gasteiger partial charge is 0.366 e. The van der Waals surface area contributed by atoms with Crippen molar-refractivity contribution >= 4 is 0 Å². The van der Waals surface area contributed by atoms with E-state index in [1.165, 1.54) is 33.4 Å². The standard InChI is InChI=1S/C24H34O/c1-15(2)21-11-9-17(5)23(13-21)19(7)25-20(8)24-14-22(16(3)4)12-10-18(24)6/h9-16,19-20H,1-8H3. The van der Waals surface area contributed by atoms with Crippen LogP contribution in [-0.2, 0) is 4.74 Å². The maximum Gasteiger partial charge on any atom is 0.0807 e. The van der Waals surface area contributed by atoms with E-state index in [2.05, 4.69) is 91.8 Å². The summed E-state index contributed by atoms with van der Waals surface area (Å²) in [4.78, 5) is 0. The third-order valence-corrected chi connectivity index (χ3v) is 5.22. The molecular weight excluding hydrogens is 304 g/mol. The van der Waals surface area contributed by atoms with Crippen LogP contribution in [0, 0.1) is 13.8 Å². The lowest BCUT2D eigenvalue weighted by molar-refractivity contribution is 0.00515. The fourth-order valence-electron chi connectivity index (χ4n) is 3.36. The Kier molecular flexibility index (Phi) is 6.46. The number of hydrogen-bond donors (Lipinski definition) is 0. The molecule has 2 aromatic carbocycles. The molecule has 1 heteroatoms. The summed E-state index contributed by atoms with van der Waals surface area (Å²) in [6, 6.07) is 13.5. The summed E-state index contributed by atoms with van der Waals surface area (Å²) in [5, 5.41) is 0. The summed E-state index contributed by atoms with van der Waals surface area (Å²) in [6.45, 7) is 17.7. The Morgan fingerprint density at radius 3 is 1.28 bits per heavy atom. The van der Waals surface area contributed by atoms with Gasteiger partial charge in [-0.25, -0.2) is 0 Å². The average molecular weight is 339 g/mol. The van der Waals surface area contributed by atoms with Crippen LogP contribution in [0.3, 0.4) is 0 Å². The summed E-state index contributed by atoms with van der Waals surface area (Å²) >= 11 is 0. The highest BCUT2D eigenvalue weighted by Crippen LogP contribution is 2.32. The Morgan fingerprint density at radius 1 is 0.600 bits per heavy atom. The van der Waals surface area contributed by atoms with Crippen LogP contribution >= 0.6 is 0 Å². The summed E-state index contributed by atoms with van der Waals surface area (Å²) in [5.74, 6) is 1.07. The molecule has 0 aliphatic rings. The van der Waals surface area contributed by atoms with Gasteiger partial charge in [-0.1, -0.05) is 64.1 Å². The predicted molar refractivity (Wildman–Crippen MR) is 108 cm³/mol. The third-order valence-electron chi connectivity index (χ3n) is 5.22. The summed E-state index contributed by atoms with van der Waals surface area (Å²) < 4.78 is 6.45. The van der Waals surface area contributed by atoms with Crippen molar-refractivity contribution in [3.8, 4) is 0 Å². The van der Waals surface area contributed by atoms with Crippen LogP contribution in [0.1, 0.15) is 99.0 Å². The normalized spacial score (nSPS) is 14.2. The van der Waals surface area contributed by atoms with Crippen molar-refractivity contribution < 1.29 is 4.74 Å². The zero-order chi connectivity index (χ0) is 18.7. The Hall–Kier alpha value is -1.60. The molecule has 25 heavy (non-hydrogen) atoms. The van der Waals surface area contributed by atoms with Crippen LogP contribution in [0.25, 0.3) is 0 Å². The van der Waals surface area contributed by atoms with Gasteiger partial charge in [-0.2, -0.15) is 0 Å². The van der Waals surface area contributed by atoms with Crippen molar-refractivity contribution in [2.75, 3.05) is 0 Å². The van der Waals surface area contributed by atoms with E-state index in [0.717, 1.165) is 0 Å². The molecule has 0 N–H and O–H groups in total. The van der Waals surface area contributed by atoms with Crippen LogP contribution in [0.4, 0.5) is 0 Å². The fourth-order valence-corrected chi connectivity index (χ4v) is 3.36. The highest BCUT2D eigenvalue weighted by atomic mass is 16.5. The molecule has 2 aromatic rings. The first-order chi connectivity index (χ1) is 11.7. The highest BCUT2D eigenvalue weighted by Gasteiger charge is 2.17. The molecule has 0 aliphatic heterocycles. The van der Waals surface area contributed by atoms with Crippen molar-refractivity contribution in [3.63, 3.8) is 0 Å². The maximum absolute atomic E-state index is 6.45. The van der Waals surface area contributed by atoms with Crippen LogP contribution < -0.4 is 0 Å². The molecular formula is C24H34O. The smallest absolute Gasteiger partial charge is 0.0807 e. The van der Waals surface area contributed by atoms with Gasteiger partial charge in [0.05, 0.1) is 12.2 Å². The third kappa shape index (κ3) is 4.73. The van der Waals surface area contributed by atoms with E-state index in [9.17, 15) is 0 Å². The first-order valence-electron chi connectivity index (χ1n) is 9.57. The monoisotopic (exact) mass is 338 g/mol. The number of benzene rings is 2. The van der Waals surface area contributed by atoms with Gasteiger partial charge in [0.25, 0.3) is 0 Å². The zero-order valence-corrected chi connectivity index (χ0v) is 17.2. The first-order valence-corrected chi connectivity index (χ1v) is 9.57. The quantitative estimate of drug-likeness (QED) is 0.533. The summed E-state index contributed by atoms with van der Waals surface area (Å²) in [6.07, 6.45) is 0.159. The Morgan fingerprint density at radius 2 is 0.960 bits per heavy atom. The van der Waals surface area contributed by atoms with Crippen molar-refractivity contribution in [3.05, 3.63) is 69.8 Å². The van der Waals surface area contributed by atoms with E-state index in [1.54, 1.807) is 0 Å². The van der Waals surface area contributed by atoms with E-state index in [0.29, 0.717) is 11.8 Å². The minimum Gasteiger partial charge on any atom is -0.366 e. The molecule has 0 fully saturated rings. The number of hydrogen-bond acceptors (Lipinski definition) is 1. The number of rotatable bonds is 6. The second-order valence-electron chi connectivity index (χ2n) is 7.96. The molecule has 2 rings (SSSR count). The van der Waals surface area contributed by atoms with E-state index in [-0.39, 0.29) is 12.2 Å². The van der Waals surface area contributed by atoms with Gasteiger partial charge in [-0.3, -0.25) is 0 Å². The Bertz CT molecular complexity index is 651. The van der Waals surface area contributed by atoms with Gasteiger partial charge in [0.2, 0.25) is 0 Å². The van der Waals surface area contributed by atoms with Gasteiger partial charge in [0.15, 0.2) is 0 Å². The van der Waals surface area contributed by atoms with E-state index < -0.39 is 0 Å². The van der Waals surface area contributed by atoms with Gasteiger partial charge in [0, 0.05) is 0 Å². The van der Waals surface area contributed by atoms with Gasteiger partial charge >= 0.3 is 0 Å². The first kappa shape index (κ1) is 19.7. The SMILES string of the molecule is Cc1ccc(C(C)C)cc1C(C)OC(C)c1cc(C(C)C)ccc1C. The van der Waals surface area contributed by atoms with Gasteiger partial charge < -0.3 is 4.74 Å². The van der Waals surface area contributed by atoms with Gasteiger partial charge in [0.1, 0.15) is 0 Å². The van der Waals surface area contributed by atoms with Crippen LogP contribution in [0.5, 0.6) is 0 Å². The van der Waals surface area contributed by atoms with Crippen molar-refractivity contribution in [2.24, 2.45) is 0 Å². The molecule has 2 unspecified atom stereocenters. The molecule has 0 aliphatic carbocycles. The molecule has 0 heterocycles. The average Bonchev–Trinajstić information content (AvgIpc) is 2.54. The molecule has 0 saturated heterocycles. The van der Waals surface area contributed by atoms with E-state index in [4.69, 9.17) is 4.74 Å². The van der Waals surface area contributed by atoms with Crippen molar-refractivity contribution in [1.29, 1.82) is 0 Å². The van der Waals surface area contributed by atoms with Crippen LogP contribution in [0.2, 0.25) is 0 Å². The lowest BCUT2D eigenvalue weighted by atomic mass is 9.94. The second kappa shape index (κ2) is 8.19. The van der Waals surface area contributed by atoms with Crippen molar-refractivity contribution in [1.82, 2.24) is 0 Å². The molecule has 2 atom stereocenters. The minimum atomic E-state index is 0.0795. The molecule has 0 saturated carbocycles. The topological polar surface area (TPSA) is 9.23 Å². The molecule has 0 bridgehead atoms. The minimum absolute atomic E-state index is 0.0795. The maximum atomic E-state index is 6.45. The predicted octanol–water partition coefficient (Wildman–Crippen LogP) is 7.39. The Balaban J connectivity index is 2.25. The fraction of sp³-hybridized carbons (Fsp3) is 0.500. The molecule has 0 amide bonds. The van der Waals surface area contributed by atoms with E-state index in [1.807, 2.05) is 0 Å². The lowest BCUT2D eigenvalue weighted by Gasteiger charge is -2.24. The second-order valence-corrected chi connectivity index (χ2v) is 7.96. The molecule has 0 spiro atoms. The molecule has 0 radical (unpaired) electrons. The molecule has 1 nitrogen and oxygen atoms in total. The van der Waals surface area contributed by atoms with Crippen LogP contribution in [0.15, 0.2) is 36.4 Å². The van der Waals surface area contributed by atoms with E-state index >= 15 is 0 Å². The zero-order valence-electron chi connectivity index (χ0n) is 17.2. The Labute approximate surface area is 154 Å².